The molecule has 0 bridgehead atoms. The van der Waals surface area contributed by atoms with Crippen molar-refractivity contribution in [3.63, 3.8) is 0 Å². The van der Waals surface area contributed by atoms with E-state index in [-0.39, 0.29) is 43.2 Å². The molecule has 2 aromatic carbocycles. The molecule has 250 valence electrons. The summed E-state index contributed by atoms with van der Waals surface area (Å²) in [5.74, 6) is -1.83. The molecular weight excluding hydrogens is 632 g/mol. The highest BCUT2D eigenvalue weighted by molar-refractivity contribution is 7.88. The van der Waals surface area contributed by atoms with Gasteiger partial charge in [0, 0.05) is 57.8 Å². The molecule has 2 heterocycles. The van der Waals surface area contributed by atoms with Gasteiger partial charge in [-0.15, -0.1) is 0 Å². The van der Waals surface area contributed by atoms with E-state index in [2.05, 4.69) is 10.0 Å². The minimum atomic E-state index is -4.05. The number of hydrogen-bond acceptors (Lipinski definition) is 7. The molecule has 2 fully saturated rings. The monoisotopic (exact) mass is 674 g/mol. The number of nitrogens with two attached hydrogens (primary N) is 1. The lowest BCUT2D eigenvalue weighted by Crippen LogP contribution is -2.55. The number of amides is 4. The van der Waals surface area contributed by atoms with E-state index in [4.69, 9.17) is 17.3 Å². The number of halogens is 1. The topological polar surface area (TPSA) is 162 Å². The molecule has 2 atom stereocenters. The Morgan fingerprint density at radius 1 is 1.02 bits per heavy atom. The number of nitrogens with one attached hydrogen (secondary N) is 2. The Labute approximate surface area is 275 Å². The molecule has 0 spiro atoms. The van der Waals surface area contributed by atoms with Crippen LogP contribution in [0.5, 0.6) is 0 Å². The first-order chi connectivity index (χ1) is 21.9. The van der Waals surface area contributed by atoms with Crippen molar-refractivity contribution in [1.82, 2.24) is 24.7 Å². The van der Waals surface area contributed by atoms with Gasteiger partial charge in [0.2, 0.25) is 33.7 Å². The van der Waals surface area contributed by atoms with Crippen LogP contribution in [0.3, 0.4) is 0 Å². The maximum Gasteiger partial charge on any atom is 0.243 e. The molecule has 4 amide bonds. The first-order valence-corrected chi connectivity index (χ1v) is 17.5. The van der Waals surface area contributed by atoms with Crippen LogP contribution in [0.25, 0.3) is 0 Å². The van der Waals surface area contributed by atoms with Crippen molar-refractivity contribution in [1.29, 1.82) is 0 Å². The highest BCUT2D eigenvalue weighted by Gasteiger charge is 2.40. The van der Waals surface area contributed by atoms with E-state index in [0.717, 1.165) is 11.1 Å². The fourth-order valence-electron chi connectivity index (χ4n) is 6.08. The predicted octanol–water partition coefficient (Wildman–Crippen LogP) is 1.75. The highest BCUT2D eigenvalue weighted by Crippen LogP contribution is 2.23. The Hall–Kier alpha value is -3.52. The van der Waals surface area contributed by atoms with Crippen LogP contribution in [0, 0.1) is 0 Å². The number of sulfonamides is 1. The van der Waals surface area contributed by atoms with Gasteiger partial charge in [-0.2, -0.15) is 0 Å². The maximum absolute atomic E-state index is 14.0. The van der Waals surface area contributed by atoms with Crippen LogP contribution in [-0.4, -0.2) is 91.6 Å². The molecule has 0 unspecified atom stereocenters. The van der Waals surface area contributed by atoms with Crippen molar-refractivity contribution >= 4 is 45.3 Å². The summed E-state index contributed by atoms with van der Waals surface area (Å²) in [6, 6.07) is 11.4. The van der Waals surface area contributed by atoms with E-state index in [1.54, 1.807) is 60.5 Å². The minimum absolute atomic E-state index is 0.0255. The summed E-state index contributed by atoms with van der Waals surface area (Å²) in [5.41, 5.74) is 7.95. The molecule has 14 heteroatoms. The molecule has 0 radical (unpaired) electrons. The lowest BCUT2D eigenvalue weighted by atomic mass is 10.0. The van der Waals surface area contributed by atoms with Crippen molar-refractivity contribution in [2.24, 2.45) is 5.73 Å². The van der Waals surface area contributed by atoms with Crippen LogP contribution in [0.15, 0.2) is 48.5 Å². The van der Waals surface area contributed by atoms with Crippen LogP contribution in [0.4, 0.5) is 0 Å². The van der Waals surface area contributed by atoms with Crippen LogP contribution >= 0.6 is 11.6 Å². The number of hydrogen-bond donors (Lipinski definition) is 3. The molecular formula is C32H43ClN6O6S. The lowest BCUT2D eigenvalue weighted by Gasteiger charge is -2.37. The van der Waals surface area contributed by atoms with Crippen molar-refractivity contribution in [2.75, 3.05) is 26.7 Å². The largest absolute Gasteiger partial charge is 0.350 e. The minimum Gasteiger partial charge on any atom is -0.350 e. The number of rotatable bonds is 12. The van der Waals surface area contributed by atoms with Gasteiger partial charge < -0.3 is 25.8 Å². The molecule has 2 aliphatic rings. The van der Waals surface area contributed by atoms with E-state index in [1.165, 1.54) is 16.7 Å². The van der Waals surface area contributed by atoms with Crippen molar-refractivity contribution in [2.45, 2.75) is 76.0 Å². The predicted molar refractivity (Wildman–Crippen MR) is 175 cm³/mol. The summed E-state index contributed by atoms with van der Waals surface area (Å²) in [6.07, 6.45) is 1.67. The number of nitrogens with zero attached hydrogens (tertiary/aromatic N) is 3. The standard InChI is InChI=1S/C32H43ClN6O6S/c1-22(40)38-15-12-27(13-16-38)37(2)30(41)18-28(36-46(44,45)21-23-7-4-3-5-8-23)32(43)39-14-6-9-29(39)31(42)35-20-25-17-26(33)11-10-24(25)19-34/h3-5,7-8,10-11,17,27-29,36H,6,9,12-16,18-21,34H2,1-2H3,(H,35,42)/t28-,29+/m1/s1. The van der Waals surface area contributed by atoms with Gasteiger partial charge in [0.1, 0.15) is 12.1 Å². The number of piperidine rings is 1. The van der Waals surface area contributed by atoms with E-state index in [1.807, 2.05) is 0 Å². The third-order valence-electron chi connectivity index (χ3n) is 8.73. The zero-order valence-electron chi connectivity index (χ0n) is 26.3. The quantitative estimate of drug-likeness (QED) is 0.309. The summed E-state index contributed by atoms with van der Waals surface area (Å²) in [7, 11) is -2.42. The molecule has 4 N–H and O–H groups in total. The molecule has 0 aliphatic carbocycles. The van der Waals surface area contributed by atoms with E-state index < -0.39 is 40.3 Å². The van der Waals surface area contributed by atoms with Gasteiger partial charge in [0.25, 0.3) is 0 Å². The highest BCUT2D eigenvalue weighted by atomic mass is 35.5. The number of carbonyl (C=O) groups is 4. The summed E-state index contributed by atoms with van der Waals surface area (Å²) < 4.78 is 29.1. The molecule has 4 rings (SSSR count). The van der Waals surface area contributed by atoms with E-state index >= 15 is 0 Å². The average molecular weight is 675 g/mol. The van der Waals surface area contributed by atoms with Gasteiger partial charge in [-0.05, 0) is 54.5 Å². The molecule has 2 aromatic rings. The molecule has 12 nitrogen and oxygen atoms in total. The summed E-state index contributed by atoms with van der Waals surface area (Å²) in [6.45, 7) is 3.19. The second-order valence-corrected chi connectivity index (χ2v) is 14.1. The molecule has 0 saturated carbocycles. The van der Waals surface area contributed by atoms with Gasteiger partial charge >= 0.3 is 0 Å². The van der Waals surface area contributed by atoms with Crippen LogP contribution in [0.1, 0.15) is 55.7 Å². The normalized spacial score (nSPS) is 17.9. The summed E-state index contributed by atoms with van der Waals surface area (Å²) in [4.78, 5) is 57.3. The molecule has 2 aliphatic heterocycles. The number of carbonyl (C=O) groups excluding carboxylic acids is 4. The van der Waals surface area contributed by atoms with Gasteiger partial charge in [-0.25, -0.2) is 13.1 Å². The fraction of sp³-hybridized carbons (Fsp3) is 0.500. The van der Waals surface area contributed by atoms with Crippen LogP contribution in [-0.2, 0) is 48.0 Å². The van der Waals surface area contributed by atoms with Crippen LogP contribution < -0.4 is 15.8 Å². The van der Waals surface area contributed by atoms with Gasteiger partial charge in [0.15, 0.2) is 0 Å². The Morgan fingerprint density at radius 3 is 2.37 bits per heavy atom. The Kier molecular flexibility index (Phi) is 12.2. The molecule has 46 heavy (non-hydrogen) atoms. The molecule has 2 saturated heterocycles. The number of likely N-dealkylation sites (tertiary alicyclic amines) is 2. The SMILES string of the molecule is CC(=O)N1CCC(N(C)C(=O)C[C@@H](NS(=O)(=O)Cc2ccccc2)C(=O)N2CCC[C@H]2C(=O)NCc2cc(Cl)ccc2CN)CC1. The van der Waals surface area contributed by atoms with Gasteiger partial charge in [-0.3, -0.25) is 19.2 Å². The fourth-order valence-corrected chi connectivity index (χ4v) is 7.61. The van der Waals surface area contributed by atoms with Gasteiger partial charge in [-0.1, -0.05) is 48.0 Å². The van der Waals surface area contributed by atoms with Crippen LogP contribution in [0.2, 0.25) is 5.02 Å². The Bertz CT molecular complexity index is 1520. The zero-order valence-corrected chi connectivity index (χ0v) is 27.9. The molecule has 0 aromatic heterocycles. The van der Waals surface area contributed by atoms with E-state index in [0.29, 0.717) is 49.4 Å². The zero-order chi connectivity index (χ0) is 33.4. The third kappa shape index (κ3) is 9.27. The summed E-state index contributed by atoms with van der Waals surface area (Å²) >= 11 is 6.14. The maximum atomic E-state index is 14.0. The smallest absolute Gasteiger partial charge is 0.243 e. The summed E-state index contributed by atoms with van der Waals surface area (Å²) in [5, 5.41) is 3.38. The second kappa shape index (κ2) is 15.9. The van der Waals surface area contributed by atoms with Crippen molar-refractivity contribution in [3.8, 4) is 0 Å². The first-order valence-electron chi connectivity index (χ1n) is 15.5. The van der Waals surface area contributed by atoms with Gasteiger partial charge in [0.05, 0.1) is 12.2 Å². The second-order valence-electron chi connectivity index (χ2n) is 11.9. The average Bonchev–Trinajstić information content (AvgIpc) is 3.53. The number of benzene rings is 2. The third-order valence-corrected chi connectivity index (χ3v) is 10.3. The van der Waals surface area contributed by atoms with Crippen molar-refractivity contribution < 1.29 is 27.6 Å². The first kappa shape index (κ1) is 35.3. The Morgan fingerprint density at radius 2 is 1.72 bits per heavy atom. The van der Waals surface area contributed by atoms with Crippen molar-refractivity contribution in [3.05, 3.63) is 70.2 Å². The Balaban J connectivity index is 1.49. The van der Waals surface area contributed by atoms with E-state index in [9.17, 15) is 27.6 Å². The lowest BCUT2D eigenvalue weighted by molar-refractivity contribution is -0.142.